The predicted octanol–water partition coefficient (Wildman–Crippen LogP) is 3.80. The Kier molecular flexibility index (Phi) is 7.44. The summed E-state index contributed by atoms with van der Waals surface area (Å²) in [6.45, 7) is 8.15. The van der Waals surface area contributed by atoms with Crippen molar-refractivity contribution in [1.82, 2.24) is 4.31 Å². The standard InChI is InChI=1S/C20H30N2O4S/c1-5-22(6-2)27(24,25)17-12-13-19(26-15(3)4)18(14-17)21-20(23)16-10-8-7-9-11-16/h7-8,12-16H,5-6,9-11H2,1-4H3,(H,21,23). The number of carbonyl (C=O) groups excluding carboxylic acids is 1. The van der Waals surface area contributed by atoms with Crippen molar-refractivity contribution in [2.24, 2.45) is 5.92 Å². The minimum atomic E-state index is -3.61. The number of allylic oxidation sites excluding steroid dienone is 2. The van der Waals surface area contributed by atoms with E-state index in [4.69, 9.17) is 4.74 Å². The Morgan fingerprint density at radius 1 is 1.26 bits per heavy atom. The molecular weight excluding hydrogens is 364 g/mol. The number of hydrogen-bond donors (Lipinski definition) is 1. The van der Waals surface area contributed by atoms with Gasteiger partial charge < -0.3 is 10.1 Å². The summed E-state index contributed by atoms with van der Waals surface area (Å²) in [5, 5.41) is 2.89. The number of hydrogen-bond acceptors (Lipinski definition) is 4. The summed E-state index contributed by atoms with van der Waals surface area (Å²) in [5.74, 6) is 0.262. The topological polar surface area (TPSA) is 75.7 Å². The van der Waals surface area contributed by atoms with Gasteiger partial charge in [-0.05, 0) is 51.3 Å². The van der Waals surface area contributed by atoms with Crippen LogP contribution < -0.4 is 10.1 Å². The molecule has 0 aliphatic heterocycles. The summed E-state index contributed by atoms with van der Waals surface area (Å²) in [7, 11) is -3.61. The zero-order valence-electron chi connectivity index (χ0n) is 16.6. The summed E-state index contributed by atoms with van der Waals surface area (Å²) < 4.78 is 32.8. The van der Waals surface area contributed by atoms with Crippen LogP contribution in [-0.4, -0.2) is 37.8 Å². The maximum Gasteiger partial charge on any atom is 0.243 e. The second kappa shape index (κ2) is 9.37. The summed E-state index contributed by atoms with van der Waals surface area (Å²) >= 11 is 0. The number of rotatable bonds is 8. The van der Waals surface area contributed by atoms with Crippen LogP contribution in [0.4, 0.5) is 5.69 Å². The van der Waals surface area contributed by atoms with Crippen LogP contribution in [-0.2, 0) is 14.8 Å². The number of amides is 1. The molecular formula is C20H30N2O4S. The molecule has 150 valence electrons. The van der Waals surface area contributed by atoms with E-state index in [2.05, 4.69) is 11.4 Å². The second-order valence-corrected chi connectivity index (χ2v) is 8.82. The Hall–Kier alpha value is -1.86. The van der Waals surface area contributed by atoms with E-state index >= 15 is 0 Å². The van der Waals surface area contributed by atoms with Gasteiger partial charge in [-0.3, -0.25) is 4.79 Å². The molecule has 1 amide bonds. The third-order valence-corrected chi connectivity index (χ3v) is 6.60. The molecule has 1 N–H and O–H groups in total. The minimum absolute atomic E-state index is 0.0940. The molecule has 1 atom stereocenters. The van der Waals surface area contributed by atoms with Crippen LogP contribution in [0, 0.1) is 5.92 Å². The van der Waals surface area contributed by atoms with E-state index in [1.54, 1.807) is 19.9 Å². The van der Waals surface area contributed by atoms with Gasteiger partial charge in [0.15, 0.2) is 0 Å². The van der Waals surface area contributed by atoms with Crippen LogP contribution >= 0.6 is 0 Å². The van der Waals surface area contributed by atoms with Gasteiger partial charge in [-0.25, -0.2) is 8.42 Å². The van der Waals surface area contributed by atoms with E-state index < -0.39 is 10.0 Å². The first-order valence-electron chi connectivity index (χ1n) is 9.56. The van der Waals surface area contributed by atoms with Gasteiger partial charge in [0, 0.05) is 19.0 Å². The number of benzene rings is 1. The van der Waals surface area contributed by atoms with Gasteiger partial charge in [-0.15, -0.1) is 0 Å². The van der Waals surface area contributed by atoms with Gasteiger partial charge in [0.2, 0.25) is 15.9 Å². The van der Waals surface area contributed by atoms with E-state index in [1.165, 1.54) is 16.4 Å². The van der Waals surface area contributed by atoms with Crippen molar-refractivity contribution >= 4 is 21.6 Å². The largest absolute Gasteiger partial charge is 0.489 e. The lowest BCUT2D eigenvalue weighted by molar-refractivity contribution is -0.120. The number of ether oxygens (including phenoxy) is 1. The van der Waals surface area contributed by atoms with Crippen molar-refractivity contribution in [2.75, 3.05) is 18.4 Å². The van der Waals surface area contributed by atoms with Crippen molar-refractivity contribution in [3.63, 3.8) is 0 Å². The highest BCUT2D eigenvalue weighted by molar-refractivity contribution is 7.89. The Morgan fingerprint density at radius 3 is 2.52 bits per heavy atom. The van der Waals surface area contributed by atoms with Crippen LogP contribution in [0.15, 0.2) is 35.2 Å². The molecule has 0 saturated heterocycles. The van der Waals surface area contributed by atoms with Crippen LogP contribution in [0.1, 0.15) is 47.0 Å². The Labute approximate surface area is 162 Å². The number of nitrogens with one attached hydrogen (secondary N) is 1. The summed E-state index contributed by atoms with van der Waals surface area (Å²) in [4.78, 5) is 12.8. The predicted molar refractivity (Wildman–Crippen MR) is 107 cm³/mol. The van der Waals surface area contributed by atoms with Gasteiger partial charge in [0.25, 0.3) is 0 Å². The van der Waals surface area contributed by atoms with E-state index in [1.807, 2.05) is 19.9 Å². The van der Waals surface area contributed by atoms with Crippen molar-refractivity contribution in [3.8, 4) is 5.75 Å². The quantitative estimate of drug-likeness (QED) is 0.681. The highest BCUT2D eigenvalue weighted by atomic mass is 32.2. The van der Waals surface area contributed by atoms with Gasteiger partial charge in [-0.2, -0.15) is 4.31 Å². The summed E-state index contributed by atoms with van der Waals surface area (Å²) in [5.41, 5.74) is 0.400. The molecule has 0 saturated carbocycles. The van der Waals surface area contributed by atoms with Gasteiger partial charge in [0.05, 0.1) is 16.7 Å². The molecule has 1 aromatic carbocycles. The lowest BCUT2D eigenvalue weighted by atomic mass is 9.93. The Morgan fingerprint density at radius 2 is 1.96 bits per heavy atom. The first-order chi connectivity index (χ1) is 12.8. The minimum Gasteiger partial charge on any atom is -0.489 e. The van der Waals surface area contributed by atoms with Crippen molar-refractivity contribution in [3.05, 3.63) is 30.4 Å². The molecule has 0 spiro atoms. The highest BCUT2D eigenvalue weighted by Crippen LogP contribution is 2.31. The third kappa shape index (κ3) is 5.32. The van der Waals surface area contributed by atoms with Crippen molar-refractivity contribution in [2.45, 2.75) is 58.0 Å². The second-order valence-electron chi connectivity index (χ2n) is 6.88. The van der Waals surface area contributed by atoms with Crippen LogP contribution in [0.3, 0.4) is 0 Å². The molecule has 27 heavy (non-hydrogen) atoms. The molecule has 2 rings (SSSR count). The number of carbonyl (C=O) groups is 1. The molecule has 0 bridgehead atoms. The monoisotopic (exact) mass is 394 g/mol. The zero-order valence-corrected chi connectivity index (χ0v) is 17.4. The van der Waals surface area contributed by atoms with Crippen molar-refractivity contribution in [1.29, 1.82) is 0 Å². The molecule has 0 heterocycles. The SMILES string of the molecule is CCN(CC)S(=O)(=O)c1ccc(OC(C)C)c(NC(=O)C2CC=CCC2)c1. The zero-order chi connectivity index (χ0) is 20.0. The van der Waals surface area contributed by atoms with Crippen LogP contribution in [0.5, 0.6) is 5.75 Å². The molecule has 6 nitrogen and oxygen atoms in total. The first-order valence-corrected chi connectivity index (χ1v) is 11.0. The van der Waals surface area contributed by atoms with E-state index in [0.29, 0.717) is 30.9 Å². The third-order valence-electron chi connectivity index (χ3n) is 4.55. The molecule has 0 fully saturated rings. The average Bonchev–Trinajstić information content (AvgIpc) is 2.64. The first kappa shape index (κ1) is 21.4. The lowest BCUT2D eigenvalue weighted by Crippen LogP contribution is -2.31. The molecule has 1 aliphatic rings. The van der Waals surface area contributed by atoms with Crippen molar-refractivity contribution < 1.29 is 17.9 Å². The fraction of sp³-hybridized carbons (Fsp3) is 0.550. The van der Waals surface area contributed by atoms with E-state index in [-0.39, 0.29) is 22.8 Å². The maximum absolute atomic E-state index is 12.8. The Bertz CT molecular complexity index is 783. The number of anilines is 1. The number of sulfonamides is 1. The summed E-state index contributed by atoms with van der Waals surface area (Å²) in [6.07, 6.45) is 6.37. The van der Waals surface area contributed by atoms with Crippen LogP contribution in [0.2, 0.25) is 0 Å². The highest BCUT2D eigenvalue weighted by Gasteiger charge is 2.25. The molecule has 7 heteroatoms. The van der Waals surface area contributed by atoms with E-state index in [0.717, 1.165) is 12.8 Å². The fourth-order valence-corrected chi connectivity index (χ4v) is 4.59. The van der Waals surface area contributed by atoms with Gasteiger partial charge >= 0.3 is 0 Å². The maximum atomic E-state index is 12.8. The molecule has 0 aromatic heterocycles. The van der Waals surface area contributed by atoms with Crippen LogP contribution in [0.25, 0.3) is 0 Å². The van der Waals surface area contributed by atoms with Gasteiger partial charge in [0.1, 0.15) is 5.75 Å². The Balaban J connectivity index is 2.36. The fourth-order valence-electron chi connectivity index (χ4n) is 3.10. The van der Waals surface area contributed by atoms with Gasteiger partial charge in [-0.1, -0.05) is 26.0 Å². The molecule has 1 aromatic rings. The normalized spacial score (nSPS) is 17.3. The molecule has 0 radical (unpaired) electrons. The average molecular weight is 395 g/mol. The molecule has 1 unspecified atom stereocenters. The smallest absolute Gasteiger partial charge is 0.243 e. The number of nitrogens with zero attached hydrogens (tertiary/aromatic N) is 1. The molecule has 1 aliphatic carbocycles. The summed E-state index contributed by atoms with van der Waals surface area (Å²) in [6, 6.07) is 4.65. The lowest BCUT2D eigenvalue weighted by Gasteiger charge is -2.22. The van der Waals surface area contributed by atoms with E-state index in [9.17, 15) is 13.2 Å².